The lowest BCUT2D eigenvalue weighted by atomic mass is 9.95. The van der Waals surface area contributed by atoms with Gasteiger partial charge in [0, 0.05) is 17.8 Å². The third kappa shape index (κ3) is 6.44. The monoisotopic (exact) mass is 528 g/mol. The minimum absolute atomic E-state index is 0.0107. The van der Waals surface area contributed by atoms with Gasteiger partial charge in [-0.25, -0.2) is 18.4 Å². The van der Waals surface area contributed by atoms with Crippen LogP contribution in [0.1, 0.15) is 53.6 Å². The maximum Gasteiger partial charge on any atom is 0.279 e. The summed E-state index contributed by atoms with van der Waals surface area (Å²) in [5.41, 5.74) is 1.76. The Morgan fingerprint density at radius 2 is 1.87 bits per heavy atom. The molecular formula is C29H26F2N6O2. The molecule has 0 saturated heterocycles. The van der Waals surface area contributed by atoms with E-state index in [1.807, 2.05) is 18.2 Å². The molecule has 0 aliphatic heterocycles. The van der Waals surface area contributed by atoms with Crippen LogP contribution in [0, 0.1) is 23.5 Å². The van der Waals surface area contributed by atoms with Crippen molar-refractivity contribution >= 4 is 22.8 Å². The molecule has 1 aliphatic carbocycles. The summed E-state index contributed by atoms with van der Waals surface area (Å²) in [6.45, 7) is -0.101. The quantitative estimate of drug-likeness (QED) is 0.367. The number of anilines is 1. The van der Waals surface area contributed by atoms with E-state index in [1.54, 1.807) is 6.20 Å². The number of hydrogen-bond acceptors (Lipinski definition) is 6. The largest absolute Gasteiger partial charge is 0.366 e. The molecule has 1 aliphatic rings. The number of nitrogens with zero attached hydrogens (tertiary/aromatic N) is 4. The summed E-state index contributed by atoms with van der Waals surface area (Å²) in [5.74, 6) is 4.01. The first-order valence-corrected chi connectivity index (χ1v) is 12.8. The van der Waals surface area contributed by atoms with E-state index in [0.29, 0.717) is 11.6 Å². The van der Waals surface area contributed by atoms with E-state index in [0.717, 1.165) is 52.1 Å². The molecule has 39 heavy (non-hydrogen) atoms. The molecule has 1 fully saturated rings. The van der Waals surface area contributed by atoms with Gasteiger partial charge in [0.05, 0.1) is 30.3 Å². The summed E-state index contributed by atoms with van der Waals surface area (Å²) in [6.07, 6.45) is 9.06. The summed E-state index contributed by atoms with van der Waals surface area (Å²) in [5, 5.41) is 10.0. The molecule has 2 aromatic carbocycles. The molecular weight excluding hydrogens is 502 g/mol. The Balaban J connectivity index is 1.22. The molecule has 1 amide bonds. The first kappa shape index (κ1) is 26.0. The molecule has 10 heteroatoms. The van der Waals surface area contributed by atoms with Crippen LogP contribution in [0.15, 0.2) is 59.7 Å². The molecule has 0 spiro atoms. The number of fused-ring (bicyclic) bond motifs is 1. The third-order valence-corrected chi connectivity index (χ3v) is 6.54. The van der Waals surface area contributed by atoms with E-state index in [2.05, 4.69) is 37.5 Å². The minimum Gasteiger partial charge on any atom is -0.366 e. The van der Waals surface area contributed by atoms with Gasteiger partial charge < -0.3 is 10.6 Å². The van der Waals surface area contributed by atoms with E-state index in [9.17, 15) is 18.4 Å². The lowest BCUT2D eigenvalue weighted by Crippen LogP contribution is -2.34. The molecule has 0 unspecified atom stereocenters. The fraction of sp³-hybridized carbons (Fsp3) is 0.276. The fourth-order valence-electron chi connectivity index (χ4n) is 4.53. The van der Waals surface area contributed by atoms with E-state index < -0.39 is 23.1 Å². The SMILES string of the molecule is O=C(NCC#Cc1ccc2ncc(NC3CCCCC3)nc2c1)c1ccnn(Cc2ccc(F)c(F)c2)c1=O. The number of carbonyl (C=O) groups is 1. The third-order valence-electron chi connectivity index (χ3n) is 6.54. The second-order valence-electron chi connectivity index (χ2n) is 9.38. The van der Waals surface area contributed by atoms with Crippen molar-refractivity contribution in [2.45, 2.75) is 44.7 Å². The number of hydrogen-bond donors (Lipinski definition) is 2. The summed E-state index contributed by atoms with van der Waals surface area (Å²) < 4.78 is 27.7. The average Bonchev–Trinajstić information content (AvgIpc) is 2.94. The minimum atomic E-state index is -1.02. The summed E-state index contributed by atoms with van der Waals surface area (Å²) >= 11 is 0. The van der Waals surface area contributed by atoms with Crippen LogP contribution >= 0.6 is 0 Å². The van der Waals surface area contributed by atoms with Gasteiger partial charge in [0.1, 0.15) is 11.4 Å². The maximum atomic E-state index is 13.5. The average molecular weight is 529 g/mol. The van der Waals surface area contributed by atoms with Gasteiger partial charge in [-0.3, -0.25) is 14.6 Å². The first-order chi connectivity index (χ1) is 19.0. The molecule has 0 radical (unpaired) electrons. The molecule has 4 aromatic rings. The second-order valence-corrected chi connectivity index (χ2v) is 9.38. The van der Waals surface area contributed by atoms with Gasteiger partial charge in [-0.1, -0.05) is 37.2 Å². The standard InChI is InChI=1S/C29H26F2N6O2/c30-23-10-8-20(15-24(23)31)18-37-29(39)22(12-14-34-37)28(38)32-13-4-5-19-9-11-25-26(16-19)36-27(17-33-25)35-21-6-2-1-3-7-21/h8-12,14-17,21H,1-3,6-7,13,18H2,(H,32,38)(H,35,36). The number of benzene rings is 2. The predicted octanol–water partition coefficient (Wildman–Crippen LogP) is 4.04. The molecule has 1 saturated carbocycles. The number of carbonyl (C=O) groups excluding carboxylic acids is 1. The van der Waals surface area contributed by atoms with Gasteiger partial charge >= 0.3 is 0 Å². The molecule has 2 aromatic heterocycles. The summed E-state index contributed by atoms with van der Waals surface area (Å²) in [4.78, 5) is 34.5. The molecule has 198 valence electrons. The van der Waals surface area contributed by atoms with Crippen molar-refractivity contribution in [1.29, 1.82) is 0 Å². The highest BCUT2D eigenvalue weighted by Gasteiger charge is 2.15. The van der Waals surface area contributed by atoms with Crippen LogP contribution in [0.4, 0.5) is 14.6 Å². The Labute approximate surface area is 223 Å². The van der Waals surface area contributed by atoms with Crippen LogP contribution in [0.2, 0.25) is 0 Å². The van der Waals surface area contributed by atoms with Gasteiger partial charge in [-0.15, -0.1) is 0 Å². The first-order valence-electron chi connectivity index (χ1n) is 12.8. The highest BCUT2D eigenvalue weighted by atomic mass is 19.2. The molecule has 0 bridgehead atoms. The van der Waals surface area contributed by atoms with E-state index in [1.165, 1.54) is 37.6 Å². The summed E-state index contributed by atoms with van der Waals surface area (Å²) in [6, 6.07) is 10.6. The Hall–Kier alpha value is -4.65. The van der Waals surface area contributed by atoms with Crippen molar-refractivity contribution in [3.8, 4) is 11.8 Å². The molecule has 8 nitrogen and oxygen atoms in total. The second kappa shape index (κ2) is 11.8. The van der Waals surface area contributed by atoms with Crippen LogP contribution in [0.25, 0.3) is 11.0 Å². The smallest absolute Gasteiger partial charge is 0.279 e. The fourth-order valence-corrected chi connectivity index (χ4v) is 4.53. The van der Waals surface area contributed by atoms with E-state index in [4.69, 9.17) is 0 Å². The van der Waals surface area contributed by atoms with Gasteiger partial charge in [0.15, 0.2) is 11.6 Å². The zero-order valence-corrected chi connectivity index (χ0v) is 21.1. The number of aromatic nitrogens is 4. The van der Waals surface area contributed by atoms with Gasteiger partial charge in [0.25, 0.3) is 11.5 Å². The van der Waals surface area contributed by atoms with E-state index >= 15 is 0 Å². The van der Waals surface area contributed by atoms with Gasteiger partial charge in [-0.2, -0.15) is 5.10 Å². The predicted molar refractivity (Wildman–Crippen MR) is 143 cm³/mol. The van der Waals surface area contributed by atoms with Crippen LogP contribution in [-0.2, 0) is 6.54 Å². The zero-order chi connectivity index (χ0) is 27.2. The Kier molecular flexibility index (Phi) is 7.87. The molecule has 5 rings (SSSR count). The van der Waals surface area contributed by atoms with Crippen molar-refractivity contribution in [2.75, 3.05) is 11.9 Å². The Bertz CT molecular complexity index is 1640. The van der Waals surface area contributed by atoms with Crippen LogP contribution in [-0.4, -0.2) is 38.2 Å². The highest BCUT2D eigenvalue weighted by molar-refractivity contribution is 5.93. The maximum absolute atomic E-state index is 13.5. The van der Waals surface area contributed by atoms with Gasteiger partial charge in [0.2, 0.25) is 0 Å². The van der Waals surface area contributed by atoms with Crippen molar-refractivity contribution in [2.24, 2.45) is 0 Å². The van der Waals surface area contributed by atoms with Crippen molar-refractivity contribution in [1.82, 2.24) is 25.1 Å². The van der Waals surface area contributed by atoms with Crippen molar-refractivity contribution < 1.29 is 13.6 Å². The highest BCUT2D eigenvalue weighted by Crippen LogP contribution is 2.21. The number of rotatable bonds is 6. The molecule has 0 atom stereocenters. The number of nitrogens with one attached hydrogen (secondary N) is 2. The van der Waals surface area contributed by atoms with Crippen molar-refractivity contribution in [3.05, 3.63) is 93.5 Å². The molecule has 2 N–H and O–H groups in total. The number of halogens is 2. The van der Waals surface area contributed by atoms with Gasteiger partial charge in [-0.05, 0) is 54.8 Å². The Morgan fingerprint density at radius 3 is 2.69 bits per heavy atom. The molecule has 2 heterocycles. The lowest BCUT2D eigenvalue weighted by molar-refractivity contribution is 0.0956. The van der Waals surface area contributed by atoms with E-state index in [-0.39, 0.29) is 18.7 Å². The number of amides is 1. The van der Waals surface area contributed by atoms with Crippen LogP contribution < -0.4 is 16.2 Å². The normalized spacial score (nSPS) is 13.5. The summed E-state index contributed by atoms with van der Waals surface area (Å²) in [7, 11) is 0. The van der Waals surface area contributed by atoms with Crippen LogP contribution in [0.3, 0.4) is 0 Å². The topological polar surface area (TPSA) is 102 Å². The Morgan fingerprint density at radius 1 is 1.03 bits per heavy atom. The van der Waals surface area contributed by atoms with Crippen molar-refractivity contribution in [3.63, 3.8) is 0 Å². The lowest BCUT2D eigenvalue weighted by Gasteiger charge is -2.23. The zero-order valence-electron chi connectivity index (χ0n) is 21.1. The van der Waals surface area contributed by atoms with Crippen LogP contribution in [0.5, 0.6) is 0 Å².